The van der Waals surface area contributed by atoms with Gasteiger partial charge >= 0.3 is 0 Å². The Kier molecular flexibility index (Phi) is 1.71. The molecule has 0 amide bonds. The summed E-state index contributed by atoms with van der Waals surface area (Å²) < 4.78 is 0. The van der Waals surface area contributed by atoms with Crippen molar-refractivity contribution in [3.05, 3.63) is 46.5 Å². The summed E-state index contributed by atoms with van der Waals surface area (Å²) in [6.45, 7) is 0. The van der Waals surface area contributed by atoms with Crippen molar-refractivity contribution in [3.63, 3.8) is 0 Å². The minimum atomic E-state index is 0.798. The molecular formula is C10H8Cl. The molecule has 0 nitrogen and oxygen atoms in total. The molecule has 0 unspecified atom stereocenters. The Morgan fingerprint density at radius 1 is 1.36 bits per heavy atom. The molecule has 0 N–H and O–H groups in total. The topological polar surface area (TPSA) is 0 Å². The Hall–Kier alpha value is -0.750. The Balaban J connectivity index is 2.54. The van der Waals surface area contributed by atoms with Gasteiger partial charge in [-0.1, -0.05) is 23.7 Å². The number of halogens is 1. The largest absolute Gasteiger partial charge is 0.0843 e. The van der Waals surface area contributed by atoms with Crippen molar-refractivity contribution in [1.29, 1.82) is 0 Å². The molecule has 1 aromatic carbocycles. The van der Waals surface area contributed by atoms with E-state index >= 15 is 0 Å². The first-order valence-corrected chi connectivity index (χ1v) is 4.11. The molecule has 1 heteroatoms. The van der Waals surface area contributed by atoms with E-state index < -0.39 is 0 Å². The Labute approximate surface area is 71.5 Å². The van der Waals surface area contributed by atoms with Crippen molar-refractivity contribution in [3.8, 4) is 0 Å². The number of aryl methyl sites for hydroxylation is 1. The molecular weight excluding hydrogens is 156 g/mol. The van der Waals surface area contributed by atoms with Gasteiger partial charge in [-0.15, -0.1) is 0 Å². The van der Waals surface area contributed by atoms with E-state index in [1.165, 1.54) is 5.56 Å². The third-order valence-electron chi connectivity index (χ3n) is 1.89. The van der Waals surface area contributed by atoms with Gasteiger partial charge in [-0.05, 0) is 42.2 Å². The van der Waals surface area contributed by atoms with Gasteiger partial charge in [0.1, 0.15) is 0 Å². The highest BCUT2D eigenvalue weighted by Gasteiger charge is 2.03. The van der Waals surface area contributed by atoms with Crippen LogP contribution in [0.15, 0.2) is 24.3 Å². The maximum Gasteiger partial charge on any atom is 0.0412 e. The number of hydrogen-bond donors (Lipinski definition) is 0. The molecule has 11 heavy (non-hydrogen) atoms. The standard InChI is InChI=1S/C10H8Cl/c11-10-6-5-8-3-1-2-4-9(8)7-10/h2,5-7H,1,3H2. The molecule has 2 rings (SSSR count). The molecule has 1 aliphatic rings. The summed E-state index contributed by atoms with van der Waals surface area (Å²) >= 11 is 5.82. The fourth-order valence-electron chi connectivity index (χ4n) is 1.31. The number of hydrogen-bond acceptors (Lipinski definition) is 0. The SMILES string of the molecule is Clc1ccc2c(c1)[C]=CCC2. The lowest BCUT2D eigenvalue weighted by Crippen LogP contribution is -1.93. The second-order valence-corrected chi connectivity index (χ2v) is 3.13. The van der Waals surface area contributed by atoms with Gasteiger partial charge in [-0.25, -0.2) is 0 Å². The third-order valence-corrected chi connectivity index (χ3v) is 2.12. The summed E-state index contributed by atoms with van der Waals surface area (Å²) in [5.74, 6) is 0. The van der Waals surface area contributed by atoms with Crippen molar-refractivity contribution < 1.29 is 0 Å². The molecule has 1 radical (unpaired) electrons. The number of benzene rings is 1. The Morgan fingerprint density at radius 3 is 3.18 bits per heavy atom. The quantitative estimate of drug-likeness (QED) is 0.552. The summed E-state index contributed by atoms with van der Waals surface area (Å²) in [5, 5.41) is 0.798. The van der Waals surface area contributed by atoms with Crippen LogP contribution >= 0.6 is 11.6 Å². The van der Waals surface area contributed by atoms with Gasteiger partial charge in [0, 0.05) is 5.02 Å². The van der Waals surface area contributed by atoms with Crippen LogP contribution in [0.1, 0.15) is 17.5 Å². The van der Waals surface area contributed by atoms with Crippen LogP contribution in [0, 0.1) is 6.08 Å². The predicted octanol–water partition coefficient (Wildman–Crippen LogP) is 2.99. The van der Waals surface area contributed by atoms with Crippen molar-refractivity contribution >= 4 is 11.6 Å². The van der Waals surface area contributed by atoms with E-state index in [2.05, 4.69) is 18.2 Å². The zero-order valence-corrected chi connectivity index (χ0v) is 6.86. The number of allylic oxidation sites excluding steroid dienone is 1. The smallest absolute Gasteiger partial charge is 0.0412 e. The lowest BCUT2D eigenvalue weighted by molar-refractivity contribution is 0.965. The fraction of sp³-hybridized carbons (Fsp3) is 0.200. The average Bonchev–Trinajstić information content (AvgIpc) is 2.04. The first kappa shape index (κ1) is 6.93. The zero-order chi connectivity index (χ0) is 7.68. The van der Waals surface area contributed by atoms with Crippen LogP contribution in [0.4, 0.5) is 0 Å². The first-order chi connectivity index (χ1) is 5.36. The molecule has 0 heterocycles. The molecule has 0 atom stereocenters. The molecule has 0 spiro atoms. The summed E-state index contributed by atoms with van der Waals surface area (Å²) in [6, 6.07) is 5.98. The van der Waals surface area contributed by atoms with Gasteiger partial charge in [0.05, 0.1) is 0 Å². The summed E-state index contributed by atoms with van der Waals surface area (Å²) in [7, 11) is 0. The van der Waals surface area contributed by atoms with Crippen molar-refractivity contribution in [1.82, 2.24) is 0 Å². The molecule has 0 saturated carbocycles. The number of rotatable bonds is 0. The summed E-state index contributed by atoms with van der Waals surface area (Å²) in [5.41, 5.74) is 2.51. The maximum atomic E-state index is 5.82. The van der Waals surface area contributed by atoms with Gasteiger partial charge in [0.25, 0.3) is 0 Å². The normalized spacial score (nSPS) is 14.6. The van der Waals surface area contributed by atoms with E-state index in [0.29, 0.717) is 0 Å². The fourth-order valence-corrected chi connectivity index (χ4v) is 1.48. The molecule has 55 valence electrons. The van der Waals surface area contributed by atoms with Crippen LogP contribution < -0.4 is 0 Å². The van der Waals surface area contributed by atoms with Gasteiger partial charge in [0.15, 0.2) is 0 Å². The molecule has 0 aliphatic heterocycles. The van der Waals surface area contributed by atoms with Gasteiger partial charge in [-0.3, -0.25) is 0 Å². The molecule has 1 aliphatic carbocycles. The summed E-state index contributed by atoms with van der Waals surface area (Å²) in [4.78, 5) is 0. The van der Waals surface area contributed by atoms with Crippen molar-refractivity contribution in [2.45, 2.75) is 12.8 Å². The zero-order valence-electron chi connectivity index (χ0n) is 6.10. The minimum Gasteiger partial charge on any atom is -0.0843 e. The minimum absolute atomic E-state index is 0.798. The van der Waals surface area contributed by atoms with E-state index in [1.54, 1.807) is 0 Å². The molecule has 1 aromatic rings. The highest BCUT2D eigenvalue weighted by molar-refractivity contribution is 6.30. The van der Waals surface area contributed by atoms with Crippen LogP contribution in [0.3, 0.4) is 0 Å². The second-order valence-electron chi connectivity index (χ2n) is 2.69. The van der Waals surface area contributed by atoms with E-state index in [0.717, 1.165) is 23.4 Å². The third kappa shape index (κ3) is 1.31. The Bertz CT molecular complexity index is 300. The van der Waals surface area contributed by atoms with Crippen LogP contribution in [-0.4, -0.2) is 0 Å². The molecule has 0 aromatic heterocycles. The van der Waals surface area contributed by atoms with E-state index in [4.69, 9.17) is 11.6 Å². The average molecular weight is 164 g/mol. The van der Waals surface area contributed by atoms with Crippen LogP contribution in [0.5, 0.6) is 0 Å². The Morgan fingerprint density at radius 2 is 2.27 bits per heavy atom. The van der Waals surface area contributed by atoms with Crippen molar-refractivity contribution in [2.24, 2.45) is 0 Å². The molecule has 0 bridgehead atoms. The van der Waals surface area contributed by atoms with E-state index in [1.807, 2.05) is 12.1 Å². The monoisotopic (exact) mass is 163 g/mol. The lowest BCUT2D eigenvalue weighted by atomic mass is 9.98. The van der Waals surface area contributed by atoms with Crippen LogP contribution in [0.2, 0.25) is 5.02 Å². The van der Waals surface area contributed by atoms with E-state index in [-0.39, 0.29) is 0 Å². The first-order valence-electron chi connectivity index (χ1n) is 3.73. The lowest BCUT2D eigenvalue weighted by Gasteiger charge is -2.08. The van der Waals surface area contributed by atoms with Crippen molar-refractivity contribution in [2.75, 3.05) is 0 Å². The van der Waals surface area contributed by atoms with Crippen LogP contribution in [-0.2, 0) is 6.42 Å². The molecule has 0 fully saturated rings. The van der Waals surface area contributed by atoms with Crippen LogP contribution in [0.25, 0.3) is 0 Å². The van der Waals surface area contributed by atoms with Gasteiger partial charge in [-0.2, -0.15) is 0 Å². The highest BCUT2D eigenvalue weighted by atomic mass is 35.5. The molecule has 0 saturated heterocycles. The predicted molar refractivity (Wildman–Crippen MR) is 46.7 cm³/mol. The number of fused-ring (bicyclic) bond motifs is 1. The van der Waals surface area contributed by atoms with E-state index in [9.17, 15) is 0 Å². The summed E-state index contributed by atoms with van der Waals surface area (Å²) in [6.07, 6.45) is 7.49. The highest BCUT2D eigenvalue weighted by Crippen LogP contribution is 2.20. The van der Waals surface area contributed by atoms with Gasteiger partial charge < -0.3 is 0 Å². The van der Waals surface area contributed by atoms with Gasteiger partial charge in [0.2, 0.25) is 0 Å². The maximum absolute atomic E-state index is 5.82. The second kappa shape index (κ2) is 2.71.